The average Bonchev–Trinajstić information content (AvgIpc) is 3.03. The molecule has 3 N–H and O–H groups in total. The first-order valence-corrected chi connectivity index (χ1v) is 8.76. The molecule has 1 aliphatic carbocycles. The third kappa shape index (κ3) is 5.87. The van der Waals surface area contributed by atoms with Gasteiger partial charge in [-0.15, -0.1) is 0 Å². The van der Waals surface area contributed by atoms with Gasteiger partial charge in [-0.3, -0.25) is 9.79 Å². The number of nitrogens with zero attached hydrogens (tertiary/aromatic N) is 1. The number of benzene rings is 1. The van der Waals surface area contributed by atoms with Crippen molar-refractivity contribution < 1.29 is 4.79 Å². The molecule has 0 aromatic heterocycles. The molecule has 1 aliphatic rings. The van der Waals surface area contributed by atoms with E-state index in [4.69, 9.17) is 0 Å². The van der Waals surface area contributed by atoms with Gasteiger partial charge < -0.3 is 16.0 Å². The van der Waals surface area contributed by atoms with Gasteiger partial charge in [0.1, 0.15) is 0 Å². The van der Waals surface area contributed by atoms with Gasteiger partial charge in [-0.05, 0) is 51.3 Å². The van der Waals surface area contributed by atoms with Crippen molar-refractivity contribution in [3.63, 3.8) is 0 Å². The largest absolute Gasteiger partial charge is 0.354 e. The molecule has 1 saturated carbocycles. The molecule has 0 heterocycles. The monoisotopic (exact) mass is 330 g/mol. The minimum Gasteiger partial charge on any atom is -0.354 e. The maximum atomic E-state index is 12.3. The van der Waals surface area contributed by atoms with Crippen LogP contribution in [0.2, 0.25) is 0 Å². The molecule has 0 aliphatic heterocycles. The molecule has 1 fully saturated rings. The Morgan fingerprint density at radius 3 is 2.58 bits per heavy atom. The second kappa shape index (κ2) is 8.18. The Morgan fingerprint density at radius 2 is 1.96 bits per heavy atom. The first kappa shape index (κ1) is 18.3. The van der Waals surface area contributed by atoms with Crippen LogP contribution in [-0.4, -0.2) is 30.5 Å². The van der Waals surface area contributed by atoms with Gasteiger partial charge in [0.15, 0.2) is 5.96 Å². The Balaban J connectivity index is 1.92. The normalized spacial score (nSPS) is 16.1. The van der Waals surface area contributed by atoms with Crippen molar-refractivity contribution in [3.8, 4) is 0 Å². The average molecular weight is 330 g/mol. The van der Waals surface area contributed by atoms with Crippen molar-refractivity contribution in [1.29, 1.82) is 0 Å². The van der Waals surface area contributed by atoms with E-state index >= 15 is 0 Å². The number of nitrogens with one attached hydrogen (secondary N) is 3. The van der Waals surface area contributed by atoms with Crippen molar-refractivity contribution in [2.45, 2.75) is 64.6 Å². The van der Waals surface area contributed by atoms with Crippen molar-refractivity contribution in [2.24, 2.45) is 4.99 Å². The molecule has 24 heavy (non-hydrogen) atoms. The highest BCUT2D eigenvalue weighted by Gasteiger charge is 2.17. The summed E-state index contributed by atoms with van der Waals surface area (Å²) < 4.78 is 0. The molecule has 0 saturated heterocycles. The predicted octanol–water partition coefficient (Wildman–Crippen LogP) is 2.82. The van der Waals surface area contributed by atoms with Crippen LogP contribution in [0.3, 0.4) is 0 Å². The predicted molar refractivity (Wildman–Crippen MR) is 99.3 cm³/mol. The molecule has 0 radical (unpaired) electrons. The topological polar surface area (TPSA) is 65.5 Å². The standard InChI is InChI=1S/C19H30N4O/c1-19(2,3)23-17(24)15-9-7-8-14(12-15)13-21-18(20-4)22-16-10-5-6-11-16/h7-9,12,16H,5-6,10-11,13H2,1-4H3,(H,23,24)(H2,20,21,22). The minimum absolute atomic E-state index is 0.0437. The number of hydrogen-bond acceptors (Lipinski definition) is 2. The maximum Gasteiger partial charge on any atom is 0.251 e. The van der Waals surface area contributed by atoms with Crippen LogP contribution in [0.5, 0.6) is 0 Å². The Morgan fingerprint density at radius 1 is 1.25 bits per heavy atom. The molecule has 0 bridgehead atoms. The van der Waals surface area contributed by atoms with E-state index in [1.54, 1.807) is 7.05 Å². The van der Waals surface area contributed by atoms with Gasteiger partial charge >= 0.3 is 0 Å². The van der Waals surface area contributed by atoms with Crippen LogP contribution in [-0.2, 0) is 6.54 Å². The third-order valence-corrected chi connectivity index (χ3v) is 4.06. The van der Waals surface area contributed by atoms with Gasteiger partial charge in [-0.2, -0.15) is 0 Å². The zero-order valence-electron chi connectivity index (χ0n) is 15.3. The Labute approximate surface area is 145 Å². The number of hydrogen-bond donors (Lipinski definition) is 3. The first-order chi connectivity index (χ1) is 11.4. The van der Waals surface area contributed by atoms with E-state index < -0.39 is 0 Å². The van der Waals surface area contributed by atoms with E-state index in [0.29, 0.717) is 18.2 Å². The highest BCUT2D eigenvalue weighted by Crippen LogP contribution is 2.17. The first-order valence-electron chi connectivity index (χ1n) is 8.76. The van der Waals surface area contributed by atoms with Gasteiger partial charge in [-0.25, -0.2) is 0 Å². The van der Waals surface area contributed by atoms with E-state index in [-0.39, 0.29) is 11.4 Å². The van der Waals surface area contributed by atoms with Crippen LogP contribution in [0.25, 0.3) is 0 Å². The maximum absolute atomic E-state index is 12.3. The van der Waals surface area contributed by atoms with Crippen LogP contribution in [0.1, 0.15) is 62.4 Å². The molecule has 5 heteroatoms. The van der Waals surface area contributed by atoms with E-state index in [2.05, 4.69) is 20.9 Å². The van der Waals surface area contributed by atoms with Gasteiger partial charge in [0.2, 0.25) is 0 Å². The van der Waals surface area contributed by atoms with E-state index in [1.807, 2.05) is 45.0 Å². The third-order valence-electron chi connectivity index (χ3n) is 4.06. The molecule has 0 atom stereocenters. The molecule has 132 valence electrons. The molecule has 1 aromatic carbocycles. The molecule has 1 aromatic rings. The van der Waals surface area contributed by atoms with Crippen molar-refractivity contribution in [3.05, 3.63) is 35.4 Å². The fraction of sp³-hybridized carbons (Fsp3) is 0.579. The van der Waals surface area contributed by atoms with Gasteiger partial charge in [0.05, 0.1) is 0 Å². The molecular weight excluding hydrogens is 300 g/mol. The van der Waals surface area contributed by atoms with Crippen LogP contribution in [0.15, 0.2) is 29.3 Å². The second-order valence-corrected chi connectivity index (χ2v) is 7.46. The Kier molecular flexibility index (Phi) is 6.23. The summed E-state index contributed by atoms with van der Waals surface area (Å²) in [6.07, 6.45) is 5.01. The number of guanidine groups is 1. The van der Waals surface area contributed by atoms with Gasteiger partial charge in [-0.1, -0.05) is 25.0 Å². The number of amides is 1. The van der Waals surface area contributed by atoms with E-state index in [1.165, 1.54) is 25.7 Å². The number of carbonyl (C=O) groups excluding carboxylic acids is 1. The van der Waals surface area contributed by atoms with E-state index in [0.717, 1.165) is 11.5 Å². The highest BCUT2D eigenvalue weighted by molar-refractivity contribution is 5.94. The van der Waals surface area contributed by atoms with Crippen molar-refractivity contribution in [1.82, 2.24) is 16.0 Å². The molecule has 1 amide bonds. The van der Waals surface area contributed by atoms with Crippen molar-refractivity contribution in [2.75, 3.05) is 7.05 Å². The quantitative estimate of drug-likeness (QED) is 0.587. The molecule has 0 spiro atoms. The number of carbonyl (C=O) groups is 1. The lowest BCUT2D eigenvalue weighted by Gasteiger charge is -2.21. The summed E-state index contributed by atoms with van der Waals surface area (Å²) in [6, 6.07) is 8.23. The lowest BCUT2D eigenvalue weighted by atomic mass is 10.1. The molecule has 5 nitrogen and oxygen atoms in total. The van der Waals surface area contributed by atoms with Crippen molar-refractivity contribution >= 4 is 11.9 Å². The summed E-state index contributed by atoms with van der Waals surface area (Å²) in [5, 5.41) is 9.79. The fourth-order valence-electron chi connectivity index (χ4n) is 2.88. The van der Waals surface area contributed by atoms with Crippen LogP contribution in [0, 0.1) is 0 Å². The number of rotatable bonds is 4. The highest BCUT2D eigenvalue weighted by atomic mass is 16.1. The Bertz CT molecular complexity index is 583. The molecule has 0 unspecified atom stereocenters. The molecular formula is C19H30N4O. The van der Waals surface area contributed by atoms with Crippen LogP contribution >= 0.6 is 0 Å². The summed E-state index contributed by atoms with van der Waals surface area (Å²) in [7, 11) is 1.79. The zero-order chi connectivity index (χ0) is 17.6. The lowest BCUT2D eigenvalue weighted by molar-refractivity contribution is 0.0919. The fourth-order valence-corrected chi connectivity index (χ4v) is 2.88. The summed E-state index contributed by atoms with van der Waals surface area (Å²) in [4.78, 5) is 16.6. The summed E-state index contributed by atoms with van der Waals surface area (Å²) >= 11 is 0. The zero-order valence-corrected chi connectivity index (χ0v) is 15.3. The van der Waals surface area contributed by atoms with Crippen LogP contribution in [0.4, 0.5) is 0 Å². The number of aliphatic imine (C=N–C) groups is 1. The molecule has 2 rings (SSSR count). The summed E-state index contributed by atoms with van der Waals surface area (Å²) in [6.45, 7) is 6.59. The van der Waals surface area contributed by atoms with E-state index in [9.17, 15) is 4.79 Å². The lowest BCUT2D eigenvalue weighted by Crippen LogP contribution is -2.42. The SMILES string of the molecule is CN=C(NCc1cccc(C(=O)NC(C)(C)C)c1)NC1CCCC1. The minimum atomic E-state index is -0.238. The Hall–Kier alpha value is -2.04. The van der Waals surface area contributed by atoms with Gasteiger partial charge in [0, 0.05) is 30.7 Å². The summed E-state index contributed by atoms with van der Waals surface area (Å²) in [5.41, 5.74) is 1.51. The van der Waals surface area contributed by atoms with Gasteiger partial charge in [0.25, 0.3) is 5.91 Å². The second-order valence-electron chi connectivity index (χ2n) is 7.46. The van der Waals surface area contributed by atoms with Crippen LogP contribution < -0.4 is 16.0 Å². The summed E-state index contributed by atoms with van der Waals surface area (Å²) in [5.74, 6) is 0.782. The smallest absolute Gasteiger partial charge is 0.251 e.